The Morgan fingerprint density at radius 2 is 2.10 bits per heavy atom. The van der Waals surface area contributed by atoms with Gasteiger partial charge in [0.25, 0.3) is 0 Å². The van der Waals surface area contributed by atoms with E-state index in [-0.39, 0.29) is 11.6 Å². The Balaban J connectivity index is 2.02. The quantitative estimate of drug-likeness (QED) is 0.734. The molecule has 0 aromatic carbocycles. The minimum Gasteiger partial charge on any atom is -0.377 e. The van der Waals surface area contributed by atoms with Crippen molar-refractivity contribution in [3.63, 3.8) is 0 Å². The summed E-state index contributed by atoms with van der Waals surface area (Å²) in [4.78, 5) is 17.8. The third-order valence-corrected chi connectivity index (χ3v) is 3.91. The molecule has 2 atom stereocenters. The van der Waals surface area contributed by atoms with Gasteiger partial charge in [-0.25, -0.2) is 4.79 Å². The standard InChI is InChI=1S/C14H27N3O3/c1-15(2)8-12-7-14(20-9-12)10-17(5-6-19-11-14)13(18)16(3)4/h12H,5-11H2,1-4H3/t12-,14-/m1/s1. The Labute approximate surface area is 121 Å². The number of nitrogens with zero attached hydrogens (tertiary/aromatic N) is 3. The van der Waals surface area contributed by atoms with Crippen molar-refractivity contribution in [2.45, 2.75) is 12.0 Å². The van der Waals surface area contributed by atoms with E-state index < -0.39 is 0 Å². The fraction of sp³-hybridized carbons (Fsp3) is 0.929. The van der Waals surface area contributed by atoms with Crippen LogP contribution in [0.4, 0.5) is 4.79 Å². The average molecular weight is 285 g/mol. The Bertz CT molecular complexity index is 349. The minimum atomic E-state index is -0.317. The largest absolute Gasteiger partial charge is 0.377 e. The van der Waals surface area contributed by atoms with Gasteiger partial charge < -0.3 is 24.2 Å². The molecule has 2 saturated heterocycles. The zero-order valence-corrected chi connectivity index (χ0v) is 13.1. The van der Waals surface area contributed by atoms with E-state index in [4.69, 9.17) is 9.47 Å². The number of ether oxygens (including phenoxy) is 2. The fourth-order valence-electron chi connectivity index (χ4n) is 3.13. The molecule has 116 valence electrons. The number of amides is 2. The van der Waals surface area contributed by atoms with Gasteiger partial charge in [-0.3, -0.25) is 0 Å². The predicted molar refractivity (Wildman–Crippen MR) is 76.8 cm³/mol. The maximum absolute atomic E-state index is 12.2. The second-order valence-corrected chi connectivity index (χ2v) is 6.48. The molecule has 0 aromatic rings. The van der Waals surface area contributed by atoms with Crippen LogP contribution in [-0.2, 0) is 9.47 Å². The van der Waals surface area contributed by atoms with E-state index in [0.717, 1.165) is 19.6 Å². The first-order valence-corrected chi connectivity index (χ1v) is 7.24. The molecular weight excluding hydrogens is 258 g/mol. The number of urea groups is 1. The van der Waals surface area contributed by atoms with Gasteiger partial charge in [0.05, 0.1) is 26.4 Å². The van der Waals surface area contributed by atoms with E-state index in [2.05, 4.69) is 19.0 Å². The van der Waals surface area contributed by atoms with E-state index in [0.29, 0.717) is 32.2 Å². The highest BCUT2D eigenvalue weighted by Crippen LogP contribution is 2.33. The van der Waals surface area contributed by atoms with Gasteiger partial charge in [-0.15, -0.1) is 0 Å². The van der Waals surface area contributed by atoms with Crippen LogP contribution >= 0.6 is 0 Å². The summed E-state index contributed by atoms with van der Waals surface area (Å²) >= 11 is 0. The third kappa shape index (κ3) is 3.62. The van der Waals surface area contributed by atoms with Gasteiger partial charge in [0.1, 0.15) is 5.60 Å². The first kappa shape index (κ1) is 15.5. The summed E-state index contributed by atoms with van der Waals surface area (Å²) in [5.74, 6) is 0.517. The molecule has 0 aliphatic carbocycles. The van der Waals surface area contributed by atoms with Gasteiger partial charge in [-0.2, -0.15) is 0 Å². The summed E-state index contributed by atoms with van der Waals surface area (Å²) in [5.41, 5.74) is -0.317. The molecule has 2 aliphatic heterocycles. The van der Waals surface area contributed by atoms with Crippen molar-refractivity contribution < 1.29 is 14.3 Å². The topological polar surface area (TPSA) is 45.3 Å². The molecule has 2 rings (SSSR count). The summed E-state index contributed by atoms with van der Waals surface area (Å²) in [6.45, 7) is 4.22. The number of carbonyl (C=O) groups is 1. The molecule has 0 radical (unpaired) electrons. The molecule has 2 fully saturated rings. The Hall–Kier alpha value is -0.850. The van der Waals surface area contributed by atoms with Gasteiger partial charge in [-0.1, -0.05) is 0 Å². The maximum Gasteiger partial charge on any atom is 0.319 e. The van der Waals surface area contributed by atoms with E-state index >= 15 is 0 Å². The van der Waals surface area contributed by atoms with Crippen LogP contribution in [0, 0.1) is 5.92 Å². The highest BCUT2D eigenvalue weighted by molar-refractivity contribution is 5.74. The zero-order chi connectivity index (χ0) is 14.8. The summed E-state index contributed by atoms with van der Waals surface area (Å²) in [7, 11) is 7.73. The first-order valence-electron chi connectivity index (χ1n) is 7.24. The highest BCUT2D eigenvalue weighted by Gasteiger charge is 2.44. The smallest absolute Gasteiger partial charge is 0.319 e. The molecule has 6 heteroatoms. The molecule has 2 heterocycles. The van der Waals surface area contributed by atoms with Crippen molar-refractivity contribution in [3.05, 3.63) is 0 Å². The van der Waals surface area contributed by atoms with Crippen LogP contribution in [0.2, 0.25) is 0 Å². The first-order chi connectivity index (χ1) is 9.42. The van der Waals surface area contributed by atoms with E-state index in [1.165, 1.54) is 0 Å². The number of hydrogen-bond acceptors (Lipinski definition) is 4. The SMILES string of the molecule is CN(C)C[C@@H]1CO[C@]2(COCCN(C(=O)N(C)C)C2)C1. The van der Waals surface area contributed by atoms with Gasteiger partial charge in [0.2, 0.25) is 0 Å². The van der Waals surface area contributed by atoms with Gasteiger partial charge in [0.15, 0.2) is 0 Å². The molecule has 6 nitrogen and oxygen atoms in total. The number of hydrogen-bond donors (Lipinski definition) is 0. The molecule has 20 heavy (non-hydrogen) atoms. The molecule has 0 bridgehead atoms. The molecule has 2 aliphatic rings. The van der Waals surface area contributed by atoms with Crippen LogP contribution in [0.25, 0.3) is 0 Å². The van der Waals surface area contributed by atoms with E-state index in [1.54, 1.807) is 19.0 Å². The monoisotopic (exact) mass is 285 g/mol. The number of carbonyl (C=O) groups excluding carboxylic acids is 1. The van der Waals surface area contributed by atoms with Crippen LogP contribution in [0.3, 0.4) is 0 Å². The van der Waals surface area contributed by atoms with E-state index in [9.17, 15) is 4.79 Å². The summed E-state index contributed by atoms with van der Waals surface area (Å²) in [6, 6.07) is 0.0366. The van der Waals surface area contributed by atoms with Crippen molar-refractivity contribution in [3.8, 4) is 0 Å². The lowest BCUT2D eigenvalue weighted by Gasteiger charge is -2.32. The summed E-state index contributed by atoms with van der Waals surface area (Å²) in [6.07, 6.45) is 0.961. The van der Waals surface area contributed by atoms with Crippen LogP contribution in [0.15, 0.2) is 0 Å². The van der Waals surface area contributed by atoms with Crippen LogP contribution < -0.4 is 0 Å². The molecule has 2 amide bonds. The average Bonchev–Trinajstić information content (AvgIpc) is 2.62. The summed E-state index contributed by atoms with van der Waals surface area (Å²) in [5, 5.41) is 0. The molecular formula is C14H27N3O3. The summed E-state index contributed by atoms with van der Waals surface area (Å²) < 4.78 is 11.8. The van der Waals surface area contributed by atoms with Gasteiger partial charge in [0, 0.05) is 27.2 Å². The van der Waals surface area contributed by atoms with Crippen molar-refractivity contribution in [1.29, 1.82) is 0 Å². The second kappa shape index (κ2) is 6.28. The maximum atomic E-state index is 12.2. The van der Waals surface area contributed by atoms with Crippen molar-refractivity contribution in [2.24, 2.45) is 5.92 Å². The molecule has 1 spiro atoms. The lowest BCUT2D eigenvalue weighted by Crippen LogP contribution is -2.49. The minimum absolute atomic E-state index is 0.0366. The van der Waals surface area contributed by atoms with Gasteiger partial charge in [-0.05, 0) is 26.4 Å². The molecule has 0 N–H and O–H groups in total. The van der Waals surface area contributed by atoms with Crippen LogP contribution in [-0.4, -0.2) is 94.0 Å². The number of rotatable bonds is 2. The third-order valence-electron chi connectivity index (χ3n) is 3.91. The second-order valence-electron chi connectivity index (χ2n) is 6.48. The normalized spacial score (nSPS) is 30.9. The Morgan fingerprint density at radius 3 is 2.75 bits per heavy atom. The molecule has 0 aromatic heterocycles. The zero-order valence-electron chi connectivity index (χ0n) is 13.1. The van der Waals surface area contributed by atoms with E-state index in [1.807, 2.05) is 4.90 Å². The molecule has 0 unspecified atom stereocenters. The lowest BCUT2D eigenvalue weighted by atomic mass is 9.94. The Kier molecular flexibility index (Phi) is 4.88. The highest BCUT2D eigenvalue weighted by atomic mass is 16.5. The van der Waals surface area contributed by atoms with Crippen molar-refractivity contribution in [2.75, 3.05) is 67.6 Å². The van der Waals surface area contributed by atoms with Crippen molar-refractivity contribution >= 4 is 6.03 Å². The molecule has 0 saturated carbocycles. The van der Waals surface area contributed by atoms with Gasteiger partial charge >= 0.3 is 6.03 Å². The Morgan fingerprint density at radius 1 is 1.35 bits per heavy atom. The fourth-order valence-corrected chi connectivity index (χ4v) is 3.13. The van der Waals surface area contributed by atoms with Crippen LogP contribution in [0.5, 0.6) is 0 Å². The van der Waals surface area contributed by atoms with Crippen LogP contribution in [0.1, 0.15) is 6.42 Å². The van der Waals surface area contributed by atoms with Crippen molar-refractivity contribution in [1.82, 2.24) is 14.7 Å². The lowest BCUT2D eigenvalue weighted by molar-refractivity contribution is -0.0535. The predicted octanol–water partition coefficient (Wildman–Crippen LogP) is 0.337.